The van der Waals surface area contributed by atoms with Crippen molar-refractivity contribution in [3.05, 3.63) is 18.2 Å². The molecule has 1 N–H and O–H groups in total. The smallest absolute Gasteiger partial charge is 0.341 e. The van der Waals surface area contributed by atoms with Crippen LogP contribution in [-0.2, 0) is 9.47 Å². The number of aromatic nitrogens is 4. The molecule has 0 radical (unpaired) electrons. The van der Waals surface area contributed by atoms with Gasteiger partial charge in [-0.25, -0.2) is 0 Å². The quantitative estimate of drug-likeness (QED) is 0.774. The predicted molar refractivity (Wildman–Crippen MR) is 93.5 cm³/mol. The molecule has 1 aromatic carbocycles. The van der Waals surface area contributed by atoms with Gasteiger partial charge in [0.05, 0.1) is 19.3 Å². The SMILES string of the molecule is c1cc2c(cc1Oc1nnnn1[C@@H]1CO[C@@H]3[C@@H]1OC[C@@H]3NCC1CC1)OCO2. The summed E-state index contributed by atoms with van der Waals surface area (Å²) < 4.78 is 30.4. The minimum Gasteiger partial charge on any atom is -0.454 e. The maximum Gasteiger partial charge on any atom is 0.341 e. The topological polar surface area (TPSA) is 102 Å². The summed E-state index contributed by atoms with van der Waals surface area (Å²) >= 11 is 0. The van der Waals surface area contributed by atoms with E-state index in [0.29, 0.717) is 36.5 Å². The number of rotatable bonds is 6. The molecule has 1 saturated carbocycles. The van der Waals surface area contributed by atoms with Crippen LogP contribution in [-0.4, -0.2) is 65.0 Å². The first-order valence-corrected chi connectivity index (χ1v) is 9.67. The van der Waals surface area contributed by atoms with Crippen molar-refractivity contribution < 1.29 is 23.7 Å². The van der Waals surface area contributed by atoms with E-state index in [1.54, 1.807) is 22.9 Å². The van der Waals surface area contributed by atoms with E-state index in [9.17, 15) is 0 Å². The Balaban J connectivity index is 1.17. The molecule has 0 bridgehead atoms. The molecular weight excluding hydrogens is 366 g/mol. The van der Waals surface area contributed by atoms with Crippen molar-refractivity contribution in [2.75, 3.05) is 26.6 Å². The third kappa shape index (κ3) is 2.88. The Morgan fingerprint density at radius 3 is 2.93 bits per heavy atom. The molecular formula is C18H21N5O5. The van der Waals surface area contributed by atoms with Crippen molar-refractivity contribution in [2.45, 2.75) is 37.1 Å². The van der Waals surface area contributed by atoms with Crippen LogP contribution < -0.4 is 19.5 Å². The van der Waals surface area contributed by atoms with Gasteiger partial charge in [-0.05, 0) is 47.9 Å². The summed E-state index contributed by atoms with van der Waals surface area (Å²) in [5, 5.41) is 15.5. The predicted octanol–water partition coefficient (Wildman–Crippen LogP) is 0.901. The Labute approximate surface area is 161 Å². The van der Waals surface area contributed by atoms with Gasteiger partial charge in [0.2, 0.25) is 6.79 Å². The first-order chi connectivity index (χ1) is 13.8. The number of hydrogen-bond acceptors (Lipinski definition) is 9. The van der Waals surface area contributed by atoms with E-state index in [1.165, 1.54) is 12.8 Å². The first-order valence-electron chi connectivity index (χ1n) is 9.67. The lowest BCUT2D eigenvalue weighted by Gasteiger charge is -2.18. The molecule has 4 heterocycles. The molecule has 3 aliphatic heterocycles. The van der Waals surface area contributed by atoms with Gasteiger partial charge in [-0.1, -0.05) is 5.10 Å². The minimum absolute atomic E-state index is 0.00587. The lowest BCUT2D eigenvalue weighted by molar-refractivity contribution is 0.0611. The Hall–Kier alpha value is -2.43. The summed E-state index contributed by atoms with van der Waals surface area (Å²) in [7, 11) is 0. The zero-order chi connectivity index (χ0) is 18.5. The van der Waals surface area contributed by atoms with Crippen LogP contribution in [0.2, 0.25) is 0 Å². The number of ether oxygens (including phenoxy) is 5. The van der Waals surface area contributed by atoms with E-state index in [-0.39, 0.29) is 31.1 Å². The lowest BCUT2D eigenvalue weighted by Crippen LogP contribution is -2.41. The van der Waals surface area contributed by atoms with E-state index in [1.807, 2.05) is 0 Å². The van der Waals surface area contributed by atoms with Gasteiger partial charge < -0.3 is 29.0 Å². The second-order valence-electron chi connectivity index (χ2n) is 7.64. The molecule has 1 aromatic heterocycles. The van der Waals surface area contributed by atoms with Crippen molar-refractivity contribution in [3.8, 4) is 23.3 Å². The van der Waals surface area contributed by atoms with Crippen molar-refractivity contribution in [1.29, 1.82) is 0 Å². The van der Waals surface area contributed by atoms with Crippen LogP contribution in [0.5, 0.6) is 23.3 Å². The summed E-state index contributed by atoms with van der Waals surface area (Å²) in [6.07, 6.45) is 2.55. The second kappa shape index (κ2) is 6.57. The van der Waals surface area contributed by atoms with Gasteiger partial charge in [0.15, 0.2) is 11.5 Å². The van der Waals surface area contributed by atoms with Gasteiger partial charge in [0.1, 0.15) is 24.0 Å². The van der Waals surface area contributed by atoms with Crippen molar-refractivity contribution >= 4 is 0 Å². The summed E-state index contributed by atoms with van der Waals surface area (Å²) in [4.78, 5) is 0. The summed E-state index contributed by atoms with van der Waals surface area (Å²) in [5.74, 6) is 2.73. The molecule has 4 aliphatic rings. The van der Waals surface area contributed by atoms with Crippen LogP contribution in [0.3, 0.4) is 0 Å². The number of tetrazole rings is 1. The summed E-state index contributed by atoms with van der Waals surface area (Å²) in [5.41, 5.74) is 0. The Morgan fingerprint density at radius 2 is 2.00 bits per heavy atom. The van der Waals surface area contributed by atoms with E-state index in [4.69, 9.17) is 23.7 Å². The summed E-state index contributed by atoms with van der Waals surface area (Å²) in [6.45, 7) is 2.37. The fourth-order valence-electron chi connectivity index (χ4n) is 4.01. The van der Waals surface area contributed by atoms with Crippen molar-refractivity contribution in [1.82, 2.24) is 25.5 Å². The highest BCUT2D eigenvalue weighted by molar-refractivity contribution is 5.47. The monoisotopic (exact) mass is 387 g/mol. The fraction of sp³-hybridized carbons (Fsp3) is 0.611. The highest BCUT2D eigenvalue weighted by Gasteiger charge is 2.49. The highest BCUT2D eigenvalue weighted by atomic mass is 16.7. The fourth-order valence-corrected chi connectivity index (χ4v) is 4.01. The molecule has 3 fully saturated rings. The standard InChI is InChI=1S/C18H21N5O5/c1-2-10(1)6-19-12-7-24-17-13(8-25-16(12)17)23-18(20-21-22-23)28-11-3-4-14-15(5-11)27-9-26-14/h3-5,10,12-13,16-17,19H,1-2,6-9H2/t12-,13+,16-,17+/m0/s1. The number of nitrogens with zero attached hydrogens (tertiary/aromatic N) is 4. The Morgan fingerprint density at radius 1 is 1.11 bits per heavy atom. The maximum absolute atomic E-state index is 6.05. The number of benzene rings is 1. The minimum atomic E-state index is -0.128. The number of nitrogens with one attached hydrogen (secondary N) is 1. The largest absolute Gasteiger partial charge is 0.454 e. The van der Waals surface area contributed by atoms with E-state index >= 15 is 0 Å². The lowest BCUT2D eigenvalue weighted by atomic mass is 10.1. The van der Waals surface area contributed by atoms with Gasteiger partial charge in [0.25, 0.3) is 0 Å². The molecule has 10 heteroatoms. The van der Waals surface area contributed by atoms with Crippen LogP contribution >= 0.6 is 0 Å². The van der Waals surface area contributed by atoms with Crippen LogP contribution in [0.1, 0.15) is 18.9 Å². The van der Waals surface area contributed by atoms with Crippen LogP contribution in [0, 0.1) is 5.92 Å². The molecule has 4 atom stereocenters. The van der Waals surface area contributed by atoms with E-state index < -0.39 is 0 Å². The van der Waals surface area contributed by atoms with Gasteiger partial charge in [-0.3, -0.25) is 0 Å². The molecule has 0 spiro atoms. The number of fused-ring (bicyclic) bond motifs is 2. The molecule has 0 unspecified atom stereocenters. The van der Waals surface area contributed by atoms with E-state index in [0.717, 1.165) is 12.5 Å². The van der Waals surface area contributed by atoms with Crippen LogP contribution in [0.25, 0.3) is 0 Å². The van der Waals surface area contributed by atoms with Gasteiger partial charge in [0, 0.05) is 6.07 Å². The Kier molecular flexibility index (Phi) is 3.88. The molecule has 28 heavy (non-hydrogen) atoms. The molecule has 10 nitrogen and oxygen atoms in total. The molecule has 6 rings (SSSR count). The Bertz CT molecular complexity index is 872. The normalized spacial score (nSPS) is 30.6. The van der Waals surface area contributed by atoms with Gasteiger partial charge in [-0.2, -0.15) is 4.68 Å². The first kappa shape index (κ1) is 16.5. The molecule has 148 valence electrons. The van der Waals surface area contributed by atoms with Crippen LogP contribution in [0.4, 0.5) is 0 Å². The molecule has 2 aromatic rings. The summed E-state index contributed by atoms with van der Waals surface area (Å²) in [6, 6.07) is 5.74. The molecule has 2 saturated heterocycles. The molecule has 1 aliphatic carbocycles. The third-order valence-corrected chi connectivity index (χ3v) is 5.72. The van der Waals surface area contributed by atoms with Crippen LogP contribution in [0.15, 0.2) is 18.2 Å². The zero-order valence-corrected chi connectivity index (χ0v) is 15.2. The van der Waals surface area contributed by atoms with Crippen molar-refractivity contribution in [3.63, 3.8) is 0 Å². The maximum atomic E-state index is 6.05. The second-order valence-corrected chi connectivity index (χ2v) is 7.64. The van der Waals surface area contributed by atoms with E-state index in [2.05, 4.69) is 20.8 Å². The average Bonchev–Trinajstić information content (AvgIpc) is 3.11. The zero-order valence-electron chi connectivity index (χ0n) is 15.2. The van der Waals surface area contributed by atoms with Crippen molar-refractivity contribution in [2.24, 2.45) is 5.92 Å². The highest BCUT2D eigenvalue weighted by Crippen LogP contribution is 2.39. The number of hydrogen-bond donors (Lipinski definition) is 1. The van der Waals surface area contributed by atoms with Gasteiger partial charge in [-0.15, -0.1) is 0 Å². The van der Waals surface area contributed by atoms with Gasteiger partial charge >= 0.3 is 6.01 Å². The average molecular weight is 387 g/mol. The third-order valence-electron chi connectivity index (χ3n) is 5.72. The molecule has 0 amide bonds.